The summed E-state index contributed by atoms with van der Waals surface area (Å²) in [5.74, 6) is 0.136. The van der Waals surface area contributed by atoms with Crippen molar-refractivity contribution in [2.45, 2.75) is 13.5 Å². The van der Waals surface area contributed by atoms with Gasteiger partial charge in [-0.25, -0.2) is 4.98 Å². The summed E-state index contributed by atoms with van der Waals surface area (Å²) in [7, 11) is 0. The second kappa shape index (κ2) is 6.48. The molecule has 4 nitrogen and oxygen atoms in total. The SMILES string of the molecule is Cc1cccc(-c2cnc3cc(CN)c(-c4ccc(O)cc4Cl)cn23)c1. The van der Waals surface area contributed by atoms with Crippen molar-refractivity contribution in [2.24, 2.45) is 5.73 Å². The molecule has 2 heterocycles. The fourth-order valence-corrected chi connectivity index (χ4v) is 3.49. The van der Waals surface area contributed by atoms with Gasteiger partial charge in [-0.2, -0.15) is 0 Å². The Morgan fingerprint density at radius 3 is 2.69 bits per heavy atom. The van der Waals surface area contributed by atoms with Gasteiger partial charge in [0.2, 0.25) is 0 Å². The van der Waals surface area contributed by atoms with Crippen LogP contribution >= 0.6 is 11.6 Å². The minimum atomic E-state index is 0.136. The molecule has 3 N–H and O–H groups in total. The normalized spacial score (nSPS) is 11.2. The van der Waals surface area contributed by atoms with Gasteiger partial charge in [-0.3, -0.25) is 4.40 Å². The summed E-state index contributed by atoms with van der Waals surface area (Å²) < 4.78 is 2.05. The summed E-state index contributed by atoms with van der Waals surface area (Å²) in [5.41, 5.74) is 12.8. The molecule has 0 radical (unpaired) electrons. The number of imidazole rings is 1. The van der Waals surface area contributed by atoms with E-state index in [0.29, 0.717) is 11.6 Å². The molecule has 0 aliphatic heterocycles. The molecule has 4 rings (SSSR count). The quantitative estimate of drug-likeness (QED) is 0.549. The first-order valence-corrected chi connectivity index (χ1v) is 8.70. The maximum atomic E-state index is 9.64. The van der Waals surface area contributed by atoms with Crippen molar-refractivity contribution in [2.75, 3.05) is 0 Å². The third kappa shape index (κ3) is 2.83. The number of hydrogen-bond acceptors (Lipinski definition) is 3. The number of aryl methyl sites for hydroxylation is 1. The molecule has 26 heavy (non-hydrogen) atoms. The van der Waals surface area contributed by atoms with Gasteiger partial charge in [0.1, 0.15) is 11.4 Å². The molecule has 0 unspecified atom stereocenters. The standard InChI is InChI=1S/C21H18ClN3O/c1-13-3-2-4-14(7-13)20-11-24-21-8-15(10-23)18(12-25(20)21)17-6-5-16(26)9-19(17)22/h2-9,11-12,26H,10,23H2,1H3. The predicted molar refractivity (Wildman–Crippen MR) is 105 cm³/mol. The molecule has 0 amide bonds. The minimum Gasteiger partial charge on any atom is -0.508 e. The molecule has 0 fully saturated rings. The van der Waals surface area contributed by atoms with E-state index in [4.69, 9.17) is 17.3 Å². The smallest absolute Gasteiger partial charge is 0.137 e. The van der Waals surface area contributed by atoms with Crippen molar-refractivity contribution in [3.05, 3.63) is 77.1 Å². The Kier molecular flexibility index (Phi) is 4.15. The molecule has 0 aliphatic carbocycles. The molecule has 2 aromatic carbocycles. The van der Waals surface area contributed by atoms with Crippen molar-refractivity contribution >= 4 is 17.2 Å². The van der Waals surface area contributed by atoms with E-state index in [1.807, 2.05) is 28.9 Å². The zero-order chi connectivity index (χ0) is 18.3. The number of aromatic hydroxyl groups is 1. The first-order valence-electron chi connectivity index (χ1n) is 8.33. The molecular weight excluding hydrogens is 346 g/mol. The van der Waals surface area contributed by atoms with Crippen LogP contribution < -0.4 is 5.73 Å². The number of hydrogen-bond donors (Lipinski definition) is 2. The summed E-state index contributed by atoms with van der Waals surface area (Å²) in [6, 6.07) is 15.3. The second-order valence-corrected chi connectivity index (χ2v) is 6.73. The highest BCUT2D eigenvalue weighted by atomic mass is 35.5. The molecule has 0 aliphatic rings. The molecule has 5 heteroatoms. The topological polar surface area (TPSA) is 63.5 Å². The number of rotatable bonds is 3. The van der Waals surface area contributed by atoms with Crippen molar-refractivity contribution in [3.8, 4) is 28.1 Å². The average molecular weight is 364 g/mol. The fourth-order valence-electron chi connectivity index (χ4n) is 3.22. The zero-order valence-electron chi connectivity index (χ0n) is 14.3. The minimum absolute atomic E-state index is 0.136. The Labute approximate surface area is 156 Å². The van der Waals surface area contributed by atoms with Gasteiger partial charge in [0.15, 0.2) is 0 Å². The summed E-state index contributed by atoms with van der Waals surface area (Å²) in [6.45, 7) is 2.44. The maximum Gasteiger partial charge on any atom is 0.137 e. The highest BCUT2D eigenvalue weighted by Crippen LogP contribution is 2.34. The lowest BCUT2D eigenvalue weighted by molar-refractivity contribution is 0.475. The number of nitrogens with zero attached hydrogens (tertiary/aromatic N) is 2. The number of aromatic nitrogens is 2. The Hall–Kier alpha value is -2.82. The molecule has 0 atom stereocenters. The molecule has 4 aromatic rings. The van der Waals surface area contributed by atoms with E-state index in [1.165, 1.54) is 11.6 Å². The Morgan fingerprint density at radius 2 is 1.96 bits per heavy atom. The van der Waals surface area contributed by atoms with Crippen molar-refractivity contribution in [1.29, 1.82) is 0 Å². The molecule has 0 saturated carbocycles. The first kappa shape index (κ1) is 16.6. The third-order valence-corrected chi connectivity index (χ3v) is 4.82. The number of benzene rings is 2. The van der Waals surface area contributed by atoms with Gasteiger partial charge >= 0.3 is 0 Å². The van der Waals surface area contributed by atoms with Crippen LogP contribution in [-0.4, -0.2) is 14.5 Å². The molecule has 0 bridgehead atoms. The largest absolute Gasteiger partial charge is 0.508 e. The summed E-state index contributed by atoms with van der Waals surface area (Å²) >= 11 is 6.37. The summed E-state index contributed by atoms with van der Waals surface area (Å²) in [4.78, 5) is 4.54. The maximum absolute atomic E-state index is 9.64. The Balaban J connectivity index is 1.97. The van der Waals surface area contributed by atoms with Crippen molar-refractivity contribution in [1.82, 2.24) is 9.38 Å². The van der Waals surface area contributed by atoms with Crippen LogP contribution in [0.15, 0.2) is 60.9 Å². The lowest BCUT2D eigenvalue weighted by Gasteiger charge is -2.12. The van der Waals surface area contributed by atoms with Crippen LogP contribution in [0.25, 0.3) is 28.0 Å². The van der Waals surface area contributed by atoms with Crippen LogP contribution in [0.5, 0.6) is 5.75 Å². The van der Waals surface area contributed by atoms with E-state index < -0.39 is 0 Å². The molecule has 130 valence electrons. The number of halogens is 1. The van der Waals surface area contributed by atoms with E-state index >= 15 is 0 Å². The van der Waals surface area contributed by atoms with Gasteiger partial charge in [-0.15, -0.1) is 0 Å². The third-order valence-electron chi connectivity index (χ3n) is 4.51. The molecule has 2 aromatic heterocycles. The number of phenolic OH excluding ortho intramolecular Hbond substituents is 1. The van der Waals surface area contributed by atoms with Gasteiger partial charge < -0.3 is 10.8 Å². The van der Waals surface area contributed by atoms with Crippen LogP contribution in [0.3, 0.4) is 0 Å². The van der Waals surface area contributed by atoms with Crippen molar-refractivity contribution in [3.63, 3.8) is 0 Å². The van der Waals surface area contributed by atoms with Crippen LogP contribution in [0.4, 0.5) is 0 Å². The molecule has 0 spiro atoms. The Morgan fingerprint density at radius 1 is 1.12 bits per heavy atom. The molecule has 0 saturated heterocycles. The second-order valence-electron chi connectivity index (χ2n) is 6.32. The van der Waals surface area contributed by atoms with Gasteiger partial charge in [-0.1, -0.05) is 35.4 Å². The van der Waals surface area contributed by atoms with Crippen LogP contribution in [-0.2, 0) is 6.54 Å². The van der Waals surface area contributed by atoms with Gasteiger partial charge in [0, 0.05) is 29.4 Å². The fraction of sp³-hybridized carbons (Fsp3) is 0.0952. The monoisotopic (exact) mass is 363 g/mol. The number of fused-ring (bicyclic) bond motifs is 1. The first-order chi connectivity index (χ1) is 12.6. The zero-order valence-corrected chi connectivity index (χ0v) is 15.0. The van der Waals surface area contributed by atoms with E-state index in [-0.39, 0.29) is 5.75 Å². The number of phenols is 1. The van der Waals surface area contributed by atoms with Crippen LogP contribution in [0, 0.1) is 6.92 Å². The van der Waals surface area contributed by atoms with E-state index in [1.54, 1.807) is 12.1 Å². The average Bonchev–Trinajstić information content (AvgIpc) is 3.03. The molecular formula is C21H18ClN3O. The number of nitrogens with two attached hydrogens (primary N) is 1. The lowest BCUT2D eigenvalue weighted by Crippen LogP contribution is -2.02. The van der Waals surface area contributed by atoms with Crippen LogP contribution in [0.1, 0.15) is 11.1 Å². The van der Waals surface area contributed by atoms with Gasteiger partial charge in [0.25, 0.3) is 0 Å². The van der Waals surface area contributed by atoms with E-state index in [2.05, 4.69) is 30.1 Å². The summed E-state index contributed by atoms with van der Waals surface area (Å²) in [5, 5.41) is 10.1. The summed E-state index contributed by atoms with van der Waals surface area (Å²) in [6.07, 6.45) is 3.88. The highest BCUT2D eigenvalue weighted by molar-refractivity contribution is 6.33. The van der Waals surface area contributed by atoms with Gasteiger partial charge in [-0.05, 0) is 42.8 Å². The van der Waals surface area contributed by atoms with Crippen molar-refractivity contribution < 1.29 is 5.11 Å². The predicted octanol–water partition coefficient (Wildman–Crippen LogP) is 4.79. The van der Waals surface area contributed by atoms with Crippen LogP contribution in [0.2, 0.25) is 5.02 Å². The highest BCUT2D eigenvalue weighted by Gasteiger charge is 2.14. The van der Waals surface area contributed by atoms with E-state index in [9.17, 15) is 5.11 Å². The van der Waals surface area contributed by atoms with E-state index in [0.717, 1.165) is 33.6 Å². The lowest BCUT2D eigenvalue weighted by atomic mass is 10.0. The Bertz CT molecular complexity index is 1120. The number of pyridine rings is 1. The van der Waals surface area contributed by atoms with Gasteiger partial charge in [0.05, 0.1) is 16.9 Å².